The normalized spacial score (nSPS) is 22.5. The van der Waals surface area contributed by atoms with Crippen LogP contribution in [0.5, 0.6) is 0 Å². The van der Waals surface area contributed by atoms with Crippen LogP contribution in [-0.2, 0) is 12.8 Å². The van der Waals surface area contributed by atoms with Crippen molar-refractivity contribution in [1.82, 2.24) is 0 Å². The van der Waals surface area contributed by atoms with Crippen molar-refractivity contribution >= 4 is 0 Å². The van der Waals surface area contributed by atoms with Crippen LogP contribution in [-0.4, -0.2) is 0 Å². The summed E-state index contributed by atoms with van der Waals surface area (Å²) in [6, 6.07) is 19.5. The van der Waals surface area contributed by atoms with E-state index in [4.69, 9.17) is 5.73 Å². The number of hydrogen-bond acceptors (Lipinski definition) is 1. The second-order valence-electron chi connectivity index (χ2n) is 5.21. The molecule has 0 radical (unpaired) electrons. The summed E-state index contributed by atoms with van der Waals surface area (Å²) in [5.74, 6) is 0.572. The van der Waals surface area contributed by atoms with Gasteiger partial charge in [-0.05, 0) is 41.9 Å². The fourth-order valence-electron chi connectivity index (χ4n) is 3.01. The topological polar surface area (TPSA) is 26.0 Å². The Morgan fingerprint density at radius 2 is 1.67 bits per heavy atom. The number of benzene rings is 2. The Kier molecular flexibility index (Phi) is 3.16. The lowest BCUT2D eigenvalue weighted by Gasteiger charge is -2.31. The van der Waals surface area contributed by atoms with Gasteiger partial charge in [-0.2, -0.15) is 0 Å². The molecule has 0 amide bonds. The number of hydrogen-bond donors (Lipinski definition) is 1. The van der Waals surface area contributed by atoms with Gasteiger partial charge in [-0.15, -0.1) is 0 Å². The first-order chi connectivity index (χ1) is 8.84. The summed E-state index contributed by atoms with van der Waals surface area (Å²) in [6.07, 6.45) is 3.46. The summed E-state index contributed by atoms with van der Waals surface area (Å²) in [4.78, 5) is 0. The molecule has 2 aromatic carbocycles. The first-order valence-corrected chi connectivity index (χ1v) is 6.72. The Balaban J connectivity index is 1.81. The number of nitrogens with two attached hydrogens (primary N) is 1. The van der Waals surface area contributed by atoms with Crippen molar-refractivity contribution in [1.29, 1.82) is 0 Å². The molecule has 2 aromatic rings. The first kappa shape index (κ1) is 11.5. The van der Waals surface area contributed by atoms with E-state index >= 15 is 0 Å². The molecule has 1 heteroatoms. The SMILES string of the molecule is NC1c2ccccc2CCC1Cc1ccccc1. The average Bonchev–Trinajstić information content (AvgIpc) is 2.43. The van der Waals surface area contributed by atoms with E-state index in [0.717, 1.165) is 6.42 Å². The molecule has 0 aliphatic heterocycles. The van der Waals surface area contributed by atoms with E-state index in [0.29, 0.717) is 5.92 Å². The highest BCUT2D eigenvalue weighted by Gasteiger charge is 2.26. The van der Waals surface area contributed by atoms with Crippen LogP contribution in [0.3, 0.4) is 0 Å². The minimum absolute atomic E-state index is 0.190. The largest absolute Gasteiger partial charge is 0.324 e. The monoisotopic (exact) mass is 237 g/mol. The lowest BCUT2D eigenvalue weighted by Crippen LogP contribution is -2.28. The molecule has 0 aromatic heterocycles. The van der Waals surface area contributed by atoms with E-state index in [9.17, 15) is 0 Å². The van der Waals surface area contributed by atoms with Crippen LogP contribution in [0.15, 0.2) is 54.6 Å². The molecule has 0 saturated carbocycles. The summed E-state index contributed by atoms with van der Waals surface area (Å²) >= 11 is 0. The molecule has 1 nitrogen and oxygen atoms in total. The van der Waals surface area contributed by atoms with Crippen molar-refractivity contribution in [3.8, 4) is 0 Å². The summed E-state index contributed by atoms with van der Waals surface area (Å²) in [5.41, 5.74) is 10.6. The molecule has 92 valence electrons. The Morgan fingerprint density at radius 1 is 0.944 bits per heavy atom. The minimum atomic E-state index is 0.190. The van der Waals surface area contributed by atoms with Gasteiger partial charge in [0.25, 0.3) is 0 Å². The third kappa shape index (κ3) is 2.19. The second-order valence-corrected chi connectivity index (χ2v) is 5.21. The van der Waals surface area contributed by atoms with Crippen molar-refractivity contribution in [3.63, 3.8) is 0 Å². The Hall–Kier alpha value is -1.60. The van der Waals surface area contributed by atoms with E-state index in [1.54, 1.807) is 0 Å². The quantitative estimate of drug-likeness (QED) is 0.850. The van der Waals surface area contributed by atoms with E-state index in [-0.39, 0.29) is 6.04 Å². The summed E-state index contributed by atoms with van der Waals surface area (Å²) in [5, 5.41) is 0. The lowest BCUT2D eigenvalue weighted by molar-refractivity contribution is 0.376. The summed E-state index contributed by atoms with van der Waals surface area (Å²) in [6.45, 7) is 0. The maximum atomic E-state index is 6.44. The highest BCUT2D eigenvalue weighted by atomic mass is 14.7. The number of rotatable bonds is 2. The predicted octanol–water partition coefficient (Wildman–Crippen LogP) is 3.49. The van der Waals surface area contributed by atoms with Crippen molar-refractivity contribution in [2.24, 2.45) is 11.7 Å². The van der Waals surface area contributed by atoms with E-state index in [2.05, 4.69) is 54.6 Å². The van der Waals surface area contributed by atoms with Crippen LogP contribution in [0.4, 0.5) is 0 Å². The molecule has 2 N–H and O–H groups in total. The minimum Gasteiger partial charge on any atom is -0.324 e. The van der Waals surface area contributed by atoms with Gasteiger partial charge in [0, 0.05) is 6.04 Å². The molecule has 2 unspecified atom stereocenters. The van der Waals surface area contributed by atoms with Crippen LogP contribution in [0, 0.1) is 5.92 Å². The Labute approximate surface area is 109 Å². The maximum Gasteiger partial charge on any atom is 0.0329 e. The smallest absolute Gasteiger partial charge is 0.0329 e. The van der Waals surface area contributed by atoms with Crippen LogP contribution >= 0.6 is 0 Å². The maximum absolute atomic E-state index is 6.44. The zero-order valence-corrected chi connectivity index (χ0v) is 10.5. The van der Waals surface area contributed by atoms with Gasteiger partial charge >= 0.3 is 0 Å². The number of fused-ring (bicyclic) bond motifs is 1. The summed E-state index contributed by atoms with van der Waals surface area (Å²) in [7, 11) is 0. The van der Waals surface area contributed by atoms with Crippen molar-refractivity contribution in [3.05, 3.63) is 71.3 Å². The molecule has 0 fully saturated rings. The molecule has 1 aliphatic carbocycles. The van der Waals surface area contributed by atoms with Crippen LogP contribution in [0.2, 0.25) is 0 Å². The number of aryl methyl sites for hydroxylation is 1. The summed E-state index contributed by atoms with van der Waals surface area (Å²) < 4.78 is 0. The van der Waals surface area contributed by atoms with Crippen molar-refractivity contribution in [2.75, 3.05) is 0 Å². The van der Waals surface area contributed by atoms with Gasteiger partial charge in [0.05, 0.1) is 0 Å². The third-order valence-electron chi connectivity index (χ3n) is 4.05. The van der Waals surface area contributed by atoms with Gasteiger partial charge in [0.2, 0.25) is 0 Å². The fraction of sp³-hybridized carbons (Fsp3) is 0.294. The molecule has 1 aliphatic rings. The van der Waals surface area contributed by atoms with Gasteiger partial charge in [0.1, 0.15) is 0 Å². The molecule has 3 rings (SSSR count). The first-order valence-electron chi connectivity index (χ1n) is 6.72. The van der Waals surface area contributed by atoms with Crippen molar-refractivity contribution < 1.29 is 0 Å². The van der Waals surface area contributed by atoms with Gasteiger partial charge in [-0.25, -0.2) is 0 Å². The molecule has 2 atom stereocenters. The fourth-order valence-corrected chi connectivity index (χ4v) is 3.01. The Morgan fingerprint density at radius 3 is 2.50 bits per heavy atom. The average molecular weight is 237 g/mol. The second kappa shape index (κ2) is 4.95. The van der Waals surface area contributed by atoms with Crippen LogP contribution in [0.25, 0.3) is 0 Å². The van der Waals surface area contributed by atoms with E-state index < -0.39 is 0 Å². The molecular weight excluding hydrogens is 218 g/mol. The van der Waals surface area contributed by atoms with Crippen LogP contribution < -0.4 is 5.73 Å². The zero-order valence-electron chi connectivity index (χ0n) is 10.5. The standard InChI is InChI=1S/C17H19N/c18-17-15(12-13-6-2-1-3-7-13)11-10-14-8-4-5-9-16(14)17/h1-9,15,17H,10-12,18H2. The van der Waals surface area contributed by atoms with Gasteiger partial charge in [-0.3, -0.25) is 0 Å². The molecule has 0 spiro atoms. The molecule has 0 heterocycles. The van der Waals surface area contributed by atoms with Gasteiger partial charge in [-0.1, -0.05) is 54.6 Å². The van der Waals surface area contributed by atoms with Gasteiger partial charge in [0.15, 0.2) is 0 Å². The highest BCUT2D eigenvalue weighted by molar-refractivity contribution is 5.33. The van der Waals surface area contributed by atoms with E-state index in [1.165, 1.54) is 29.5 Å². The van der Waals surface area contributed by atoms with Gasteiger partial charge < -0.3 is 5.73 Å². The van der Waals surface area contributed by atoms with Crippen molar-refractivity contribution in [2.45, 2.75) is 25.3 Å². The zero-order chi connectivity index (χ0) is 12.4. The predicted molar refractivity (Wildman–Crippen MR) is 75.3 cm³/mol. The Bertz CT molecular complexity index is 518. The van der Waals surface area contributed by atoms with Crippen LogP contribution in [0.1, 0.15) is 29.2 Å². The molecule has 0 saturated heterocycles. The molecular formula is C17H19N. The lowest BCUT2D eigenvalue weighted by atomic mass is 9.77. The third-order valence-corrected chi connectivity index (χ3v) is 4.05. The molecule has 18 heavy (non-hydrogen) atoms. The molecule has 0 bridgehead atoms. The van der Waals surface area contributed by atoms with E-state index in [1.807, 2.05) is 0 Å². The highest BCUT2D eigenvalue weighted by Crippen LogP contribution is 2.34.